The zero-order valence-corrected chi connectivity index (χ0v) is 19.4. The highest BCUT2D eigenvalue weighted by atomic mass is 32.2. The first-order valence-electron chi connectivity index (χ1n) is 10.8. The topological polar surface area (TPSA) is 89.3 Å². The molecule has 168 valence electrons. The lowest BCUT2D eigenvalue weighted by molar-refractivity contribution is -0.133. The van der Waals surface area contributed by atoms with Crippen molar-refractivity contribution in [1.82, 2.24) is 14.7 Å². The summed E-state index contributed by atoms with van der Waals surface area (Å²) in [5.74, 6) is -0.237. The number of likely N-dealkylation sites (N-methyl/N-ethyl adjacent to an activating group) is 1. The molecule has 2 heterocycles. The number of hydrogen-bond acceptors (Lipinski definition) is 5. The molecule has 32 heavy (non-hydrogen) atoms. The molecule has 1 aliphatic rings. The molecule has 4 rings (SSSR count). The second-order valence-corrected chi connectivity index (χ2v) is 10.6. The van der Waals surface area contributed by atoms with Crippen molar-refractivity contribution >= 4 is 26.5 Å². The van der Waals surface area contributed by atoms with Gasteiger partial charge in [-0.3, -0.25) is 9.59 Å². The lowest BCUT2D eigenvalue weighted by Crippen LogP contribution is -2.44. The molecular weight excluding hydrogens is 426 g/mol. The van der Waals surface area contributed by atoms with E-state index in [1.54, 1.807) is 17.0 Å². The van der Waals surface area contributed by atoms with Crippen LogP contribution in [-0.2, 0) is 21.2 Å². The van der Waals surface area contributed by atoms with Crippen molar-refractivity contribution in [2.45, 2.75) is 39.8 Å². The molecule has 1 atom stereocenters. The highest BCUT2D eigenvalue weighted by molar-refractivity contribution is 7.91. The molecule has 3 aromatic rings. The van der Waals surface area contributed by atoms with Crippen LogP contribution in [0, 0.1) is 13.8 Å². The van der Waals surface area contributed by atoms with Crippen LogP contribution in [0.15, 0.2) is 47.3 Å². The van der Waals surface area contributed by atoms with E-state index in [0.29, 0.717) is 24.0 Å². The van der Waals surface area contributed by atoms with Crippen molar-refractivity contribution in [1.29, 1.82) is 0 Å². The van der Waals surface area contributed by atoms with Crippen molar-refractivity contribution in [3.05, 3.63) is 63.9 Å². The number of hydrogen-bond donors (Lipinski definition) is 0. The van der Waals surface area contributed by atoms with Crippen LogP contribution in [0.5, 0.6) is 0 Å². The summed E-state index contributed by atoms with van der Waals surface area (Å²) >= 11 is 0. The second-order valence-electron chi connectivity index (χ2n) is 8.41. The van der Waals surface area contributed by atoms with Gasteiger partial charge in [0.05, 0.1) is 22.6 Å². The summed E-state index contributed by atoms with van der Waals surface area (Å²) in [6.07, 6.45) is 0.426. The fourth-order valence-electron chi connectivity index (χ4n) is 4.41. The van der Waals surface area contributed by atoms with E-state index < -0.39 is 9.84 Å². The van der Waals surface area contributed by atoms with Crippen LogP contribution >= 0.6 is 0 Å². The number of aryl methyl sites for hydroxylation is 2. The van der Waals surface area contributed by atoms with E-state index in [1.165, 1.54) is 4.68 Å². The Kier molecular flexibility index (Phi) is 5.90. The van der Waals surface area contributed by atoms with E-state index >= 15 is 0 Å². The Labute approximate surface area is 187 Å². The zero-order chi connectivity index (χ0) is 23.0. The lowest BCUT2D eigenvalue weighted by atomic mass is 9.99. The summed E-state index contributed by atoms with van der Waals surface area (Å²) in [7, 11) is -3.12. The normalized spacial score (nSPS) is 17.5. The number of fused-ring (bicyclic) bond motifs is 1. The molecule has 0 aliphatic carbocycles. The summed E-state index contributed by atoms with van der Waals surface area (Å²) in [6, 6.07) is 13.0. The third-order valence-electron chi connectivity index (χ3n) is 6.11. The molecule has 0 radical (unpaired) electrons. The molecule has 8 heteroatoms. The minimum Gasteiger partial charge on any atom is -0.337 e. The number of rotatable bonds is 5. The van der Waals surface area contributed by atoms with Crippen molar-refractivity contribution < 1.29 is 13.2 Å². The minimum absolute atomic E-state index is 0.0274. The van der Waals surface area contributed by atoms with Crippen LogP contribution in [0.4, 0.5) is 0 Å². The maximum Gasteiger partial charge on any atom is 0.275 e. The summed E-state index contributed by atoms with van der Waals surface area (Å²) in [5, 5.41) is 5.86. The van der Waals surface area contributed by atoms with E-state index in [-0.39, 0.29) is 35.6 Å². The van der Waals surface area contributed by atoms with Gasteiger partial charge in [0, 0.05) is 23.5 Å². The van der Waals surface area contributed by atoms with Gasteiger partial charge in [0.2, 0.25) is 5.91 Å². The van der Waals surface area contributed by atoms with Gasteiger partial charge < -0.3 is 4.90 Å². The molecule has 1 aliphatic heterocycles. The zero-order valence-electron chi connectivity index (χ0n) is 18.5. The first-order chi connectivity index (χ1) is 15.2. The van der Waals surface area contributed by atoms with Crippen LogP contribution in [0.1, 0.15) is 24.5 Å². The number of benzene rings is 2. The molecule has 1 amide bonds. The average Bonchev–Trinajstić information content (AvgIpc) is 3.12. The summed E-state index contributed by atoms with van der Waals surface area (Å²) in [4.78, 5) is 27.9. The molecular formula is C24H27N3O4S. The van der Waals surface area contributed by atoms with Gasteiger partial charge in [-0.25, -0.2) is 13.1 Å². The number of carbonyl (C=O) groups excluding carboxylic acids is 1. The molecule has 1 fully saturated rings. The highest BCUT2D eigenvalue weighted by Gasteiger charge is 2.34. The first-order valence-corrected chi connectivity index (χ1v) is 12.6. The van der Waals surface area contributed by atoms with Crippen LogP contribution in [-0.4, -0.2) is 53.1 Å². The van der Waals surface area contributed by atoms with E-state index in [4.69, 9.17) is 0 Å². The van der Waals surface area contributed by atoms with E-state index in [9.17, 15) is 18.0 Å². The number of aromatic nitrogens is 2. The summed E-state index contributed by atoms with van der Waals surface area (Å²) in [6.45, 7) is 5.96. The van der Waals surface area contributed by atoms with E-state index in [0.717, 1.165) is 22.1 Å². The lowest BCUT2D eigenvalue weighted by Gasteiger charge is -2.27. The Morgan fingerprint density at radius 3 is 2.53 bits per heavy atom. The Balaban J connectivity index is 1.78. The van der Waals surface area contributed by atoms with Gasteiger partial charge in [-0.05, 0) is 44.9 Å². The Morgan fingerprint density at radius 2 is 1.88 bits per heavy atom. The van der Waals surface area contributed by atoms with Crippen LogP contribution in [0.3, 0.4) is 0 Å². The fourth-order valence-corrected chi connectivity index (χ4v) is 6.14. The predicted octanol–water partition coefficient (Wildman–Crippen LogP) is 2.72. The quantitative estimate of drug-likeness (QED) is 0.593. The second kappa shape index (κ2) is 8.50. The monoisotopic (exact) mass is 453 g/mol. The molecule has 0 bridgehead atoms. The third kappa shape index (κ3) is 4.19. The fraction of sp³-hybridized carbons (Fsp3) is 0.375. The van der Waals surface area contributed by atoms with Crippen LogP contribution < -0.4 is 5.56 Å². The highest BCUT2D eigenvalue weighted by Crippen LogP contribution is 2.28. The number of sulfone groups is 1. The SMILES string of the molecule is CCN(C(=O)Cn1nc(-c2cc(C)ccc2C)c2ccccc2c1=O)[C@H]1CCS(=O)(=O)C1. The van der Waals surface area contributed by atoms with Crippen molar-refractivity contribution in [3.8, 4) is 11.3 Å². The van der Waals surface area contributed by atoms with Crippen LogP contribution in [0.25, 0.3) is 22.0 Å². The first kappa shape index (κ1) is 22.2. The largest absolute Gasteiger partial charge is 0.337 e. The number of nitrogens with zero attached hydrogens (tertiary/aromatic N) is 3. The van der Waals surface area contributed by atoms with Gasteiger partial charge in [-0.1, -0.05) is 35.9 Å². The van der Waals surface area contributed by atoms with Gasteiger partial charge in [0.1, 0.15) is 6.54 Å². The number of carbonyl (C=O) groups is 1. The Hall–Kier alpha value is -3.00. The maximum absolute atomic E-state index is 13.2. The molecule has 1 saturated heterocycles. The average molecular weight is 454 g/mol. The van der Waals surface area contributed by atoms with Gasteiger partial charge >= 0.3 is 0 Å². The van der Waals surface area contributed by atoms with Crippen molar-refractivity contribution in [2.24, 2.45) is 0 Å². The Bertz CT molecular complexity index is 1360. The van der Waals surface area contributed by atoms with Crippen LogP contribution in [0.2, 0.25) is 0 Å². The van der Waals surface area contributed by atoms with Gasteiger partial charge in [0.25, 0.3) is 5.56 Å². The Morgan fingerprint density at radius 1 is 1.16 bits per heavy atom. The van der Waals surface area contributed by atoms with Crippen molar-refractivity contribution in [3.63, 3.8) is 0 Å². The molecule has 1 aromatic heterocycles. The maximum atomic E-state index is 13.2. The smallest absolute Gasteiger partial charge is 0.275 e. The molecule has 0 spiro atoms. The predicted molar refractivity (Wildman–Crippen MR) is 125 cm³/mol. The van der Waals surface area contributed by atoms with E-state index in [2.05, 4.69) is 5.10 Å². The minimum atomic E-state index is -3.12. The van der Waals surface area contributed by atoms with E-state index in [1.807, 2.05) is 51.1 Å². The molecule has 2 aromatic carbocycles. The van der Waals surface area contributed by atoms with Gasteiger partial charge in [-0.15, -0.1) is 0 Å². The molecule has 7 nitrogen and oxygen atoms in total. The molecule has 0 N–H and O–H groups in total. The molecule has 0 unspecified atom stereocenters. The standard InChI is InChI=1S/C24H27N3O4S/c1-4-26(18-11-12-32(30,31)15-18)22(28)14-27-24(29)20-8-6-5-7-19(20)23(25-27)21-13-16(2)9-10-17(21)3/h5-10,13,18H,4,11-12,14-15H2,1-3H3/t18-/m0/s1. The van der Waals surface area contributed by atoms with Crippen molar-refractivity contribution in [2.75, 3.05) is 18.1 Å². The molecule has 0 saturated carbocycles. The third-order valence-corrected chi connectivity index (χ3v) is 7.86. The van der Waals surface area contributed by atoms with Gasteiger partial charge in [-0.2, -0.15) is 5.10 Å². The number of amides is 1. The summed E-state index contributed by atoms with van der Waals surface area (Å²) < 4.78 is 25.0. The summed E-state index contributed by atoms with van der Waals surface area (Å²) in [5.41, 5.74) is 3.33. The van der Waals surface area contributed by atoms with Gasteiger partial charge in [0.15, 0.2) is 9.84 Å².